The Morgan fingerprint density at radius 3 is 2.44 bits per heavy atom. The number of hydrogen-bond acceptors (Lipinski definition) is 3. The first-order chi connectivity index (χ1) is 13.1. The lowest BCUT2D eigenvalue weighted by Crippen LogP contribution is -2.32. The highest BCUT2D eigenvalue weighted by Gasteiger charge is 2.10. The molecule has 6 heteroatoms. The van der Waals surface area contributed by atoms with Crippen LogP contribution in [0.1, 0.15) is 17.0 Å². The highest BCUT2D eigenvalue weighted by molar-refractivity contribution is 5.82. The van der Waals surface area contributed by atoms with Crippen LogP contribution < -0.4 is 11.2 Å². The summed E-state index contributed by atoms with van der Waals surface area (Å²) in [6, 6.07) is 18.9. The lowest BCUT2D eigenvalue weighted by molar-refractivity contribution is 0.771. The molecule has 0 aliphatic carbocycles. The maximum Gasteiger partial charge on any atom is 0.349 e. The van der Waals surface area contributed by atoms with Crippen molar-refractivity contribution >= 4 is 17.1 Å². The van der Waals surface area contributed by atoms with Gasteiger partial charge in [-0.05, 0) is 44.2 Å². The second-order valence-electron chi connectivity index (χ2n) is 6.33. The molecule has 0 radical (unpaired) electrons. The Balaban J connectivity index is 1.80. The number of aryl methyl sites for hydroxylation is 1. The predicted octanol–water partition coefficient (Wildman–Crippen LogP) is 2.98. The molecule has 0 bridgehead atoms. The van der Waals surface area contributed by atoms with Crippen molar-refractivity contribution in [2.24, 2.45) is 5.10 Å². The van der Waals surface area contributed by atoms with Crippen molar-refractivity contribution in [1.82, 2.24) is 14.2 Å². The lowest BCUT2D eigenvalue weighted by atomic mass is 10.2. The van der Waals surface area contributed by atoms with Gasteiger partial charge in [0.05, 0.1) is 17.1 Å². The summed E-state index contributed by atoms with van der Waals surface area (Å²) in [7, 11) is 0. The lowest BCUT2D eigenvalue weighted by Gasteiger charge is -2.09. The maximum atomic E-state index is 12.6. The Morgan fingerprint density at radius 2 is 1.67 bits per heavy atom. The van der Waals surface area contributed by atoms with Crippen molar-refractivity contribution in [3.8, 4) is 5.69 Å². The topological polar surface area (TPSA) is 72.2 Å². The van der Waals surface area contributed by atoms with E-state index >= 15 is 0 Å². The zero-order valence-electron chi connectivity index (χ0n) is 15.0. The number of rotatable bonds is 3. The number of H-pyrrole nitrogens is 1. The van der Waals surface area contributed by atoms with Gasteiger partial charge in [-0.25, -0.2) is 4.79 Å². The van der Waals surface area contributed by atoms with Gasteiger partial charge in [0.2, 0.25) is 0 Å². The summed E-state index contributed by atoms with van der Waals surface area (Å²) in [5.74, 6) is 0. The van der Waals surface area contributed by atoms with E-state index in [1.807, 2.05) is 50.2 Å². The quantitative estimate of drug-likeness (QED) is 0.572. The van der Waals surface area contributed by atoms with Crippen LogP contribution in [-0.4, -0.2) is 20.4 Å². The Hall–Kier alpha value is -3.67. The molecule has 2 aromatic carbocycles. The number of nitrogens with zero attached hydrogens (tertiary/aromatic N) is 3. The molecule has 0 atom stereocenters. The normalized spacial score (nSPS) is 11.5. The minimum atomic E-state index is -0.563. The standard InChI is InChI=1S/C21H18N4O2/c1-14-12-16(15(2)24(14)17-8-4-3-5-9-17)13-22-25-20(26)18-10-6-7-11-19(18)23-21(25)27/h3-13H,1-2H3,(H,23,27). The van der Waals surface area contributed by atoms with Gasteiger partial charge in [0.15, 0.2) is 0 Å². The van der Waals surface area contributed by atoms with E-state index in [1.165, 1.54) is 0 Å². The second kappa shape index (κ2) is 6.57. The Bertz CT molecular complexity index is 1280. The zero-order chi connectivity index (χ0) is 19.0. The van der Waals surface area contributed by atoms with E-state index < -0.39 is 11.2 Å². The predicted molar refractivity (Wildman–Crippen MR) is 107 cm³/mol. The van der Waals surface area contributed by atoms with Gasteiger partial charge >= 0.3 is 5.69 Å². The number of benzene rings is 2. The third-order valence-corrected chi connectivity index (χ3v) is 4.58. The van der Waals surface area contributed by atoms with Crippen LogP contribution in [0.5, 0.6) is 0 Å². The first-order valence-corrected chi connectivity index (χ1v) is 8.59. The molecule has 0 aliphatic rings. The molecule has 0 fully saturated rings. The highest BCUT2D eigenvalue weighted by atomic mass is 16.2. The van der Waals surface area contributed by atoms with Gasteiger partial charge in [-0.15, -0.1) is 4.68 Å². The summed E-state index contributed by atoms with van der Waals surface area (Å²) in [6.07, 6.45) is 1.55. The van der Waals surface area contributed by atoms with Crippen LogP contribution in [0.15, 0.2) is 75.4 Å². The molecule has 27 heavy (non-hydrogen) atoms. The minimum Gasteiger partial charge on any atom is -0.318 e. The number of nitrogens with one attached hydrogen (secondary N) is 1. The van der Waals surface area contributed by atoms with E-state index in [2.05, 4.69) is 14.7 Å². The summed E-state index contributed by atoms with van der Waals surface area (Å²) in [6.45, 7) is 3.99. The Kier molecular flexibility index (Phi) is 4.08. The fourth-order valence-electron chi connectivity index (χ4n) is 3.27. The van der Waals surface area contributed by atoms with Crippen LogP contribution in [0.3, 0.4) is 0 Å². The van der Waals surface area contributed by atoms with Crippen LogP contribution in [0, 0.1) is 13.8 Å². The number of fused-ring (bicyclic) bond motifs is 1. The monoisotopic (exact) mass is 358 g/mol. The van der Waals surface area contributed by atoms with E-state index in [0.29, 0.717) is 10.9 Å². The molecule has 0 spiro atoms. The highest BCUT2D eigenvalue weighted by Crippen LogP contribution is 2.19. The third kappa shape index (κ3) is 2.91. The summed E-state index contributed by atoms with van der Waals surface area (Å²) in [5, 5.41) is 4.58. The molecule has 4 aromatic rings. The van der Waals surface area contributed by atoms with Gasteiger partial charge in [0.25, 0.3) is 5.56 Å². The van der Waals surface area contributed by atoms with E-state index in [-0.39, 0.29) is 0 Å². The average molecular weight is 358 g/mol. The number of aromatic amines is 1. The molecule has 0 saturated heterocycles. The van der Waals surface area contributed by atoms with E-state index in [0.717, 1.165) is 27.3 Å². The first kappa shape index (κ1) is 16.8. The van der Waals surface area contributed by atoms with Gasteiger partial charge < -0.3 is 9.55 Å². The average Bonchev–Trinajstić information content (AvgIpc) is 2.96. The first-order valence-electron chi connectivity index (χ1n) is 8.59. The second-order valence-corrected chi connectivity index (χ2v) is 6.33. The largest absolute Gasteiger partial charge is 0.349 e. The molecule has 1 N–H and O–H groups in total. The van der Waals surface area contributed by atoms with Crippen molar-refractivity contribution in [3.63, 3.8) is 0 Å². The molecule has 4 rings (SSSR count). The van der Waals surface area contributed by atoms with Crippen LogP contribution in [0.25, 0.3) is 16.6 Å². The molecule has 2 heterocycles. The molecular weight excluding hydrogens is 340 g/mol. The molecule has 134 valence electrons. The van der Waals surface area contributed by atoms with Gasteiger partial charge in [-0.1, -0.05) is 30.3 Å². The molecule has 6 nitrogen and oxygen atoms in total. The van der Waals surface area contributed by atoms with E-state index in [9.17, 15) is 9.59 Å². The van der Waals surface area contributed by atoms with E-state index in [1.54, 1.807) is 30.5 Å². The number of aromatic nitrogens is 3. The summed E-state index contributed by atoms with van der Waals surface area (Å²) >= 11 is 0. The smallest absolute Gasteiger partial charge is 0.318 e. The summed E-state index contributed by atoms with van der Waals surface area (Å²) in [5.41, 5.74) is 3.41. The van der Waals surface area contributed by atoms with Crippen LogP contribution in [-0.2, 0) is 0 Å². The van der Waals surface area contributed by atoms with Crippen molar-refractivity contribution in [2.75, 3.05) is 0 Å². The summed E-state index contributed by atoms with van der Waals surface area (Å²) < 4.78 is 2.96. The van der Waals surface area contributed by atoms with Crippen molar-refractivity contribution in [2.45, 2.75) is 13.8 Å². The molecule has 0 aliphatic heterocycles. The Labute approximate surface area is 155 Å². The fraction of sp³-hybridized carbons (Fsp3) is 0.0952. The van der Waals surface area contributed by atoms with Crippen molar-refractivity contribution in [1.29, 1.82) is 0 Å². The van der Waals surface area contributed by atoms with Gasteiger partial charge in [0, 0.05) is 22.6 Å². The number of hydrogen-bond donors (Lipinski definition) is 1. The van der Waals surface area contributed by atoms with Crippen LogP contribution >= 0.6 is 0 Å². The molecule has 2 aromatic heterocycles. The van der Waals surface area contributed by atoms with Gasteiger partial charge in [-0.3, -0.25) is 4.79 Å². The van der Waals surface area contributed by atoms with Gasteiger partial charge in [0.1, 0.15) is 0 Å². The maximum absolute atomic E-state index is 12.6. The van der Waals surface area contributed by atoms with Gasteiger partial charge in [-0.2, -0.15) is 5.10 Å². The number of para-hydroxylation sites is 2. The molecular formula is C21H18N4O2. The molecule has 0 unspecified atom stereocenters. The fourth-order valence-corrected chi connectivity index (χ4v) is 3.27. The molecule has 0 saturated carbocycles. The minimum absolute atomic E-state index is 0.420. The zero-order valence-corrected chi connectivity index (χ0v) is 15.0. The van der Waals surface area contributed by atoms with Crippen LogP contribution in [0.2, 0.25) is 0 Å². The van der Waals surface area contributed by atoms with Crippen molar-refractivity contribution in [3.05, 3.63) is 98.5 Å². The van der Waals surface area contributed by atoms with Crippen molar-refractivity contribution < 1.29 is 0 Å². The SMILES string of the molecule is Cc1cc(C=Nn2c(=O)[nH]c3ccccc3c2=O)c(C)n1-c1ccccc1. The Morgan fingerprint density at radius 1 is 0.963 bits per heavy atom. The molecule has 0 amide bonds. The third-order valence-electron chi connectivity index (χ3n) is 4.58. The van der Waals surface area contributed by atoms with E-state index in [4.69, 9.17) is 0 Å². The summed E-state index contributed by atoms with van der Waals surface area (Å²) in [4.78, 5) is 27.5. The van der Waals surface area contributed by atoms with Crippen LogP contribution in [0.4, 0.5) is 0 Å².